The monoisotopic (exact) mass is 264 g/mol. The Hall–Kier alpha value is -1.42. The third-order valence-corrected chi connectivity index (χ3v) is 2.50. The van der Waals surface area contributed by atoms with Gasteiger partial charge in [-0.1, -0.05) is 0 Å². The first kappa shape index (κ1) is 14.6. The van der Waals surface area contributed by atoms with E-state index < -0.39 is 49.3 Å². The minimum Gasteiger partial charge on any atom is -0.441 e. The molecule has 1 heterocycles. The lowest BCUT2D eigenvalue weighted by molar-refractivity contribution is -0.252. The van der Waals surface area contributed by atoms with Gasteiger partial charge in [0.05, 0.1) is 6.61 Å². The molecule has 0 spiro atoms. The van der Waals surface area contributed by atoms with Gasteiger partial charge in [0.25, 0.3) is 0 Å². The van der Waals surface area contributed by atoms with Gasteiger partial charge in [-0.2, -0.15) is 0 Å². The third-order valence-electron chi connectivity index (χ3n) is 2.50. The van der Waals surface area contributed by atoms with Crippen LogP contribution in [0.25, 0.3) is 0 Å². The first-order valence-electron chi connectivity index (χ1n) is 5.22. The van der Waals surface area contributed by atoms with E-state index in [2.05, 4.69) is 10.1 Å². The van der Waals surface area contributed by atoms with Crippen LogP contribution in [0.4, 0.5) is 4.79 Å². The highest BCUT2D eigenvalue weighted by atomic mass is 16.6. The molecule has 5 atom stereocenters. The number of nitrogens with one attached hydrogen (secondary N) is 1. The summed E-state index contributed by atoms with van der Waals surface area (Å²) in [5.74, 6) is -0.518. The molecule has 0 unspecified atom stereocenters. The lowest BCUT2D eigenvalue weighted by atomic mass is 9.97. The van der Waals surface area contributed by atoms with Crippen LogP contribution in [0.5, 0.6) is 0 Å². The van der Waals surface area contributed by atoms with E-state index in [4.69, 9.17) is 15.6 Å². The second-order valence-corrected chi connectivity index (χ2v) is 3.87. The number of carbonyl (C=O) groups is 2. The van der Waals surface area contributed by atoms with Crippen LogP contribution in [0.3, 0.4) is 0 Å². The molecule has 0 radical (unpaired) electrons. The molecule has 0 bridgehead atoms. The summed E-state index contributed by atoms with van der Waals surface area (Å²) >= 11 is 0. The SMILES string of the molecule is CC(=O)N[C@@H]1[C@@H](OC(N)=O)[C@H](O)[C@@H](CO)O[C@@H]1O. The fraction of sp³-hybridized carbons (Fsp3) is 0.778. The first-order valence-corrected chi connectivity index (χ1v) is 5.22. The van der Waals surface area contributed by atoms with Crippen LogP contribution in [-0.2, 0) is 14.3 Å². The quantitative estimate of drug-likeness (QED) is 0.365. The van der Waals surface area contributed by atoms with E-state index >= 15 is 0 Å². The highest BCUT2D eigenvalue weighted by molar-refractivity contribution is 5.73. The molecular formula is C9H16N2O7. The second kappa shape index (κ2) is 5.96. The highest BCUT2D eigenvalue weighted by Crippen LogP contribution is 2.22. The zero-order valence-electron chi connectivity index (χ0n) is 9.65. The minimum absolute atomic E-state index is 0.518. The van der Waals surface area contributed by atoms with Crippen molar-refractivity contribution in [2.45, 2.75) is 37.6 Å². The van der Waals surface area contributed by atoms with Crippen molar-refractivity contribution in [2.75, 3.05) is 6.61 Å². The summed E-state index contributed by atoms with van der Waals surface area (Å²) in [6.45, 7) is 0.586. The number of primary amides is 1. The maximum Gasteiger partial charge on any atom is 0.404 e. The second-order valence-electron chi connectivity index (χ2n) is 3.87. The van der Waals surface area contributed by atoms with Crippen molar-refractivity contribution in [3.63, 3.8) is 0 Å². The van der Waals surface area contributed by atoms with Crippen molar-refractivity contribution >= 4 is 12.0 Å². The molecule has 104 valence electrons. The van der Waals surface area contributed by atoms with E-state index in [-0.39, 0.29) is 0 Å². The Bertz CT molecular complexity index is 324. The Labute approximate surface area is 102 Å². The number of rotatable bonds is 3. The fourth-order valence-corrected chi connectivity index (χ4v) is 1.75. The van der Waals surface area contributed by atoms with Crippen molar-refractivity contribution in [3.05, 3.63) is 0 Å². The van der Waals surface area contributed by atoms with Crippen molar-refractivity contribution in [1.29, 1.82) is 0 Å². The number of ether oxygens (including phenoxy) is 2. The molecule has 1 fully saturated rings. The lowest BCUT2D eigenvalue weighted by Crippen LogP contribution is -2.65. The standard InChI is InChI=1S/C9H16N2O7/c1-3(13)11-5-7(18-9(10)16)6(14)4(2-12)17-8(5)15/h4-8,12,14-15H,2H2,1H3,(H2,10,16)(H,11,13)/t4-,5-,6-,7-,8+/m1/s1. The van der Waals surface area contributed by atoms with Crippen LogP contribution in [0.2, 0.25) is 0 Å². The molecule has 1 saturated heterocycles. The molecule has 1 rings (SSSR count). The molecule has 0 aromatic heterocycles. The van der Waals surface area contributed by atoms with E-state index in [1.165, 1.54) is 6.92 Å². The molecule has 1 aliphatic rings. The summed E-state index contributed by atoms with van der Waals surface area (Å²) in [4.78, 5) is 21.7. The van der Waals surface area contributed by atoms with Crippen LogP contribution < -0.4 is 11.1 Å². The van der Waals surface area contributed by atoms with Gasteiger partial charge in [-0.15, -0.1) is 0 Å². The fourth-order valence-electron chi connectivity index (χ4n) is 1.75. The van der Waals surface area contributed by atoms with Gasteiger partial charge in [0.2, 0.25) is 5.91 Å². The lowest BCUT2D eigenvalue weighted by Gasteiger charge is -2.41. The number of aliphatic hydroxyl groups is 3. The largest absolute Gasteiger partial charge is 0.441 e. The first-order chi connectivity index (χ1) is 8.36. The van der Waals surface area contributed by atoms with Crippen LogP contribution in [0, 0.1) is 0 Å². The summed E-state index contributed by atoms with van der Waals surface area (Å²) in [6, 6.07) is -1.17. The molecule has 9 nitrogen and oxygen atoms in total. The summed E-state index contributed by atoms with van der Waals surface area (Å²) in [5, 5.41) is 30.6. The highest BCUT2D eigenvalue weighted by Gasteiger charge is 2.47. The van der Waals surface area contributed by atoms with Gasteiger partial charge >= 0.3 is 6.09 Å². The summed E-state index contributed by atoms with van der Waals surface area (Å²) in [6.07, 6.45) is -6.61. The average Bonchev–Trinajstić information content (AvgIpc) is 2.27. The molecule has 0 aromatic carbocycles. The predicted octanol–water partition coefficient (Wildman–Crippen LogP) is -2.97. The smallest absolute Gasteiger partial charge is 0.404 e. The molecule has 0 aliphatic carbocycles. The molecule has 1 aliphatic heterocycles. The van der Waals surface area contributed by atoms with Gasteiger partial charge in [0.1, 0.15) is 18.2 Å². The number of carbonyl (C=O) groups excluding carboxylic acids is 2. The van der Waals surface area contributed by atoms with E-state index in [0.717, 1.165) is 0 Å². The van der Waals surface area contributed by atoms with Gasteiger partial charge < -0.3 is 35.8 Å². The van der Waals surface area contributed by atoms with Crippen LogP contribution in [-0.4, -0.2) is 64.6 Å². The maximum absolute atomic E-state index is 11.0. The zero-order chi connectivity index (χ0) is 13.9. The van der Waals surface area contributed by atoms with Gasteiger partial charge in [0, 0.05) is 6.92 Å². The molecule has 18 heavy (non-hydrogen) atoms. The van der Waals surface area contributed by atoms with E-state index in [0.29, 0.717) is 0 Å². The number of nitrogens with two attached hydrogens (primary N) is 1. The minimum atomic E-state index is -1.54. The van der Waals surface area contributed by atoms with Gasteiger partial charge in [-0.25, -0.2) is 4.79 Å². The molecule has 6 N–H and O–H groups in total. The van der Waals surface area contributed by atoms with Crippen molar-refractivity contribution < 1.29 is 34.4 Å². The average molecular weight is 264 g/mol. The van der Waals surface area contributed by atoms with E-state index in [9.17, 15) is 19.8 Å². The van der Waals surface area contributed by atoms with E-state index in [1.807, 2.05) is 0 Å². The van der Waals surface area contributed by atoms with Gasteiger partial charge in [-0.3, -0.25) is 4.79 Å². The number of hydrogen-bond donors (Lipinski definition) is 5. The Morgan fingerprint density at radius 1 is 1.44 bits per heavy atom. The summed E-state index contributed by atoms with van der Waals surface area (Å²) in [7, 11) is 0. The number of amides is 2. The van der Waals surface area contributed by atoms with Crippen LogP contribution >= 0.6 is 0 Å². The third kappa shape index (κ3) is 3.29. The van der Waals surface area contributed by atoms with E-state index in [1.54, 1.807) is 0 Å². The topological polar surface area (TPSA) is 151 Å². The number of hydrogen-bond acceptors (Lipinski definition) is 7. The van der Waals surface area contributed by atoms with Crippen molar-refractivity contribution in [1.82, 2.24) is 5.32 Å². The Morgan fingerprint density at radius 2 is 2.06 bits per heavy atom. The molecular weight excluding hydrogens is 248 g/mol. The Kier molecular flexibility index (Phi) is 4.84. The molecule has 0 saturated carbocycles. The normalized spacial score (nSPS) is 35.9. The predicted molar refractivity (Wildman–Crippen MR) is 56.0 cm³/mol. The van der Waals surface area contributed by atoms with Crippen LogP contribution in [0.1, 0.15) is 6.92 Å². The zero-order valence-corrected chi connectivity index (χ0v) is 9.65. The maximum atomic E-state index is 11.0. The number of aliphatic hydroxyl groups excluding tert-OH is 3. The van der Waals surface area contributed by atoms with Crippen molar-refractivity contribution in [3.8, 4) is 0 Å². The summed E-state index contributed by atoms with van der Waals surface area (Å²) < 4.78 is 9.52. The van der Waals surface area contributed by atoms with Crippen LogP contribution in [0.15, 0.2) is 0 Å². The van der Waals surface area contributed by atoms with Crippen molar-refractivity contribution in [2.24, 2.45) is 5.73 Å². The molecule has 9 heteroatoms. The van der Waals surface area contributed by atoms with Gasteiger partial charge in [0.15, 0.2) is 12.4 Å². The van der Waals surface area contributed by atoms with Gasteiger partial charge in [-0.05, 0) is 0 Å². The Balaban J connectivity index is 2.89. The summed E-state index contributed by atoms with van der Waals surface area (Å²) in [5.41, 5.74) is 4.84. The Morgan fingerprint density at radius 3 is 2.50 bits per heavy atom. The molecule has 2 amide bonds. The molecule has 0 aromatic rings.